The third kappa shape index (κ3) is 4.54. The van der Waals surface area contributed by atoms with Crippen LogP contribution in [0.25, 0.3) is 0 Å². The van der Waals surface area contributed by atoms with Crippen LogP contribution in [0.3, 0.4) is 0 Å². The highest BCUT2D eigenvalue weighted by atomic mass is 19.1. The van der Waals surface area contributed by atoms with E-state index in [1.54, 1.807) is 26.2 Å². The molecule has 0 aliphatic heterocycles. The molecule has 2 N–H and O–H groups in total. The second kappa shape index (κ2) is 7.40. The van der Waals surface area contributed by atoms with Crippen molar-refractivity contribution in [3.8, 4) is 5.75 Å². The van der Waals surface area contributed by atoms with Gasteiger partial charge >= 0.3 is 11.8 Å². The van der Waals surface area contributed by atoms with Gasteiger partial charge in [0.2, 0.25) is 0 Å². The van der Waals surface area contributed by atoms with Crippen LogP contribution in [0.5, 0.6) is 5.75 Å². The fourth-order valence-corrected chi connectivity index (χ4v) is 1.96. The lowest BCUT2D eigenvalue weighted by atomic mass is 10.1. The molecule has 120 valence electrons. The molecule has 0 aliphatic rings. The Morgan fingerprint density at radius 1 is 1.00 bits per heavy atom. The highest BCUT2D eigenvalue weighted by molar-refractivity contribution is 6.39. The van der Waals surface area contributed by atoms with E-state index >= 15 is 0 Å². The molecule has 0 fully saturated rings. The first-order valence-corrected chi connectivity index (χ1v) is 7.01. The van der Waals surface area contributed by atoms with Crippen LogP contribution in [0.1, 0.15) is 18.5 Å². The first kappa shape index (κ1) is 16.5. The van der Waals surface area contributed by atoms with Gasteiger partial charge in [-0.15, -0.1) is 0 Å². The fraction of sp³-hybridized carbons (Fsp3) is 0.176. The van der Waals surface area contributed by atoms with Gasteiger partial charge in [-0.2, -0.15) is 0 Å². The van der Waals surface area contributed by atoms with Crippen LogP contribution in [0.4, 0.5) is 10.1 Å². The van der Waals surface area contributed by atoms with Crippen molar-refractivity contribution in [2.75, 3.05) is 12.4 Å². The van der Waals surface area contributed by atoms with Crippen molar-refractivity contribution in [2.24, 2.45) is 0 Å². The third-order valence-electron chi connectivity index (χ3n) is 3.27. The Morgan fingerprint density at radius 2 is 1.61 bits per heavy atom. The molecule has 1 atom stereocenters. The maximum Gasteiger partial charge on any atom is 0.313 e. The minimum atomic E-state index is -0.808. The van der Waals surface area contributed by atoms with Crippen molar-refractivity contribution in [2.45, 2.75) is 13.0 Å². The average molecular weight is 316 g/mol. The van der Waals surface area contributed by atoms with Crippen molar-refractivity contribution in [1.82, 2.24) is 5.32 Å². The van der Waals surface area contributed by atoms with Gasteiger partial charge in [0.1, 0.15) is 11.6 Å². The van der Waals surface area contributed by atoms with Crippen LogP contribution in [0, 0.1) is 5.82 Å². The molecule has 2 rings (SSSR count). The second-order valence-corrected chi connectivity index (χ2v) is 4.93. The minimum absolute atomic E-state index is 0.340. The van der Waals surface area contributed by atoms with Crippen LogP contribution < -0.4 is 15.4 Å². The Balaban J connectivity index is 1.94. The normalized spacial score (nSPS) is 11.4. The predicted octanol–water partition coefficient (Wildman–Crippen LogP) is 2.65. The molecule has 0 aromatic heterocycles. The monoisotopic (exact) mass is 316 g/mol. The third-order valence-corrected chi connectivity index (χ3v) is 3.27. The average Bonchev–Trinajstić information content (AvgIpc) is 2.56. The molecular formula is C17H17FN2O3. The Kier molecular flexibility index (Phi) is 5.30. The number of benzene rings is 2. The first-order chi connectivity index (χ1) is 11.0. The SMILES string of the molecule is COc1ccc([C@H](C)NC(=O)C(=O)Nc2ccc(F)cc2)cc1. The molecule has 0 bridgehead atoms. The number of rotatable bonds is 4. The van der Waals surface area contributed by atoms with E-state index in [2.05, 4.69) is 10.6 Å². The zero-order valence-corrected chi connectivity index (χ0v) is 12.8. The predicted molar refractivity (Wildman–Crippen MR) is 84.6 cm³/mol. The van der Waals surface area contributed by atoms with E-state index in [1.807, 2.05) is 12.1 Å². The van der Waals surface area contributed by atoms with Crippen molar-refractivity contribution in [3.05, 3.63) is 59.9 Å². The molecule has 2 amide bonds. The standard InChI is InChI=1S/C17H17FN2O3/c1-11(12-3-9-15(23-2)10-4-12)19-16(21)17(22)20-14-7-5-13(18)6-8-14/h3-11H,1-2H3,(H,19,21)(H,20,22)/t11-/m0/s1. The summed E-state index contributed by atoms with van der Waals surface area (Å²) in [6, 6.07) is 12.0. The number of carbonyl (C=O) groups is 2. The quantitative estimate of drug-likeness (QED) is 0.852. The molecule has 0 saturated carbocycles. The zero-order valence-electron chi connectivity index (χ0n) is 12.8. The summed E-state index contributed by atoms with van der Waals surface area (Å²) in [5.74, 6) is -1.28. The number of halogens is 1. The number of amides is 2. The number of ether oxygens (including phenoxy) is 1. The van der Waals surface area contributed by atoms with E-state index in [0.29, 0.717) is 11.4 Å². The van der Waals surface area contributed by atoms with Gasteiger partial charge in [-0.1, -0.05) is 12.1 Å². The molecule has 0 spiro atoms. The van der Waals surface area contributed by atoms with Gasteiger partial charge in [0.05, 0.1) is 13.2 Å². The summed E-state index contributed by atoms with van der Waals surface area (Å²) in [6.45, 7) is 1.77. The Bertz CT molecular complexity index is 684. The largest absolute Gasteiger partial charge is 0.497 e. The maximum absolute atomic E-state index is 12.8. The van der Waals surface area contributed by atoms with Crippen molar-refractivity contribution >= 4 is 17.5 Å². The summed E-state index contributed by atoms with van der Waals surface area (Å²) in [4.78, 5) is 23.7. The van der Waals surface area contributed by atoms with Gasteiger partial charge in [-0.3, -0.25) is 9.59 Å². The van der Waals surface area contributed by atoms with E-state index in [1.165, 1.54) is 24.3 Å². The van der Waals surface area contributed by atoms with Gasteiger partial charge < -0.3 is 15.4 Å². The molecule has 23 heavy (non-hydrogen) atoms. The fourth-order valence-electron chi connectivity index (χ4n) is 1.96. The van der Waals surface area contributed by atoms with Crippen molar-refractivity contribution in [1.29, 1.82) is 0 Å². The van der Waals surface area contributed by atoms with Gasteiger partial charge in [0.15, 0.2) is 0 Å². The number of nitrogens with one attached hydrogen (secondary N) is 2. The van der Waals surface area contributed by atoms with E-state index < -0.39 is 17.6 Å². The molecule has 0 heterocycles. The number of methoxy groups -OCH3 is 1. The summed E-state index contributed by atoms with van der Waals surface area (Å²) in [7, 11) is 1.57. The lowest BCUT2D eigenvalue weighted by Crippen LogP contribution is -2.36. The molecule has 0 saturated heterocycles. The number of hydrogen-bond donors (Lipinski definition) is 2. The number of carbonyl (C=O) groups excluding carboxylic acids is 2. The molecule has 2 aromatic rings. The van der Waals surface area contributed by atoms with Gasteiger partial charge in [-0.05, 0) is 48.9 Å². The van der Waals surface area contributed by atoms with Crippen molar-refractivity contribution in [3.63, 3.8) is 0 Å². The summed E-state index contributed by atoms with van der Waals surface area (Å²) in [5.41, 5.74) is 1.19. The molecule has 0 unspecified atom stereocenters. The number of hydrogen-bond acceptors (Lipinski definition) is 3. The van der Waals surface area contributed by atoms with Crippen molar-refractivity contribution < 1.29 is 18.7 Å². The molecule has 0 aliphatic carbocycles. The molecule has 6 heteroatoms. The summed E-state index contributed by atoms with van der Waals surface area (Å²) >= 11 is 0. The van der Waals surface area contributed by atoms with Gasteiger partial charge in [0.25, 0.3) is 0 Å². The Hall–Kier alpha value is -2.89. The molecule has 0 radical (unpaired) electrons. The molecule has 2 aromatic carbocycles. The molecular weight excluding hydrogens is 299 g/mol. The van der Waals surface area contributed by atoms with Crippen LogP contribution in [-0.2, 0) is 9.59 Å². The first-order valence-electron chi connectivity index (χ1n) is 7.01. The Morgan fingerprint density at radius 3 is 2.17 bits per heavy atom. The Labute approximate surface area is 133 Å². The zero-order chi connectivity index (χ0) is 16.8. The lowest BCUT2D eigenvalue weighted by molar-refractivity contribution is -0.136. The summed E-state index contributed by atoms with van der Waals surface area (Å²) in [6.07, 6.45) is 0. The topological polar surface area (TPSA) is 67.4 Å². The van der Waals surface area contributed by atoms with E-state index in [4.69, 9.17) is 4.74 Å². The van der Waals surface area contributed by atoms with Crippen LogP contribution in [0.15, 0.2) is 48.5 Å². The number of anilines is 1. The minimum Gasteiger partial charge on any atom is -0.497 e. The van der Waals surface area contributed by atoms with Gasteiger partial charge in [0, 0.05) is 5.69 Å². The smallest absolute Gasteiger partial charge is 0.313 e. The summed E-state index contributed by atoms with van der Waals surface area (Å²) in [5, 5.41) is 5.01. The van der Waals surface area contributed by atoms with E-state index in [9.17, 15) is 14.0 Å². The second-order valence-electron chi connectivity index (χ2n) is 4.93. The van der Waals surface area contributed by atoms with Crippen LogP contribution >= 0.6 is 0 Å². The molecule has 5 nitrogen and oxygen atoms in total. The highest BCUT2D eigenvalue weighted by Gasteiger charge is 2.17. The maximum atomic E-state index is 12.8. The lowest BCUT2D eigenvalue weighted by Gasteiger charge is -2.14. The van der Waals surface area contributed by atoms with E-state index in [0.717, 1.165) is 5.56 Å². The van der Waals surface area contributed by atoms with Crippen LogP contribution in [0.2, 0.25) is 0 Å². The van der Waals surface area contributed by atoms with Gasteiger partial charge in [-0.25, -0.2) is 4.39 Å². The summed E-state index contributed by atoms with van der Waals surface area (Å²) < 4.78 is 17.9. The van der Waals surface area contributed by atoms with E-state index in [-0.39, 0.29) is 6.04 Å². The highest BCUT2D eigenvalue weighted by Crippen LogP contribution is 2.17. The van der Waals surface area contributed by atoms with Crippen LogP contribution in [-0.4, -0.2) is 18.9 Å².